The molecule has 0 fully saturated rings. The molecule has 5 heteroatoms. The average molecular weight is 436 g/mol. The molecule has 1 nitrogen and oxygen atoms in total. The second-order valence-corrected chi connectivity index (χ2v) is 1.47. The molecule has 1 aromatic carbocycles. The van der Waals surface area contributed by atoms with Gasteiger partial charge in [-0.05, 0) is 0 Å². The van der Waals surface area contributed by atoms with Crippen LogP contribution in [0.4, 0.5) is 0 Å². The van der Waals surface area contributed by atoms with Crippen molar-refractivity contribution in [1.29, 1.82) is 0 Å². The van der Waals surface area contributed by atoms with Crippen molar-refractivity contribution in [1.82, 2.24) is 0 Å². The van der Waals surface area contributed by atoms with Crippen LogP contribution in [0.3, 0.4) is 0 Å². The molecular formula is C7H5Br3OZr. The van der Waals surface area contributed by atoms with Gasteiger partial charge in [-0.2, -0.15) is 17.7 Å². The molecule has 0 bridgehead atoms. The molecule has 0 aliphatic heterocycles. The van der Waals surface area contributed by atoms with Crippen LogP contribution in [0.25, 0.3) is 0 Å². The molecule has 1 aromatic rings. The van der Waals surface area contributed by atoms with Gasteiger partial charge in [-0.25, -0.2) is 0 Å². The molecule has 64 valence electrons. The van der Waals surface area contributed by atoms with E-state index in [0.717, 1.165) is 0 Å². The normalized spacial score (nSPS) is 5.67. The molecule has 0 amide bonds. The second kappa shape index (κ2) is 14.7. The van der Waals surface area contributed by atoms with Crippen molar-refractivity contribution >= 4 is 6.29 Å². The summed E-state index contributed by atoms with van der Waals surface area (Å²) in [5, 5.41) is 0. The van der Waals surface area contributed by atoms with E-state index in [-0.39, 0.29) is 77.1 Å². The maximum absolute atomic E-state index is 9.88. The fourth-order valence-electron chi connectivity index (χ4n) is 0.506. The molecule has 1 rings (SSSR count). The van der Waals surface area contributed by atoms with Gasteiger partial charge in [0.2, 0.25) is 0 Å². The van der Waals surface area contributed by atoms with Gasteiger partial charge in [0.15, 0.2) is 0 Å². The largest absolute Gasteiger partial charge is 4.00 e. The van der Waals surface area contributed by atoms with Crippen molar-refractivity contribution in [2.24, 2.45) is 0 Å². The van der Waals surface area contributed by atoms with Crippen molar-refractivity contribution < 1.29 is 81.9 Å². The fourth-order valence-corrected chi connectivity index (χ4v) is 0.506. The van der Waals surface area contributed by atoms with Gasteiger partial charge in [-0.1, -0.05) is 6.07 Å². The number of halogens is 3. The Balaban J connectivity index is -0.0000000800. The Morgan fingerprint density at radius 2 is 1.33 bits per heavy atom. The zero-order valence-electron chi connectivity index (χ0n) is 5.93. The van der Waals surface area contributed by atoms with Crippen molar-refractivity contribution in [3.05, 3.63) is 35.9 Å². The zero-order valence-corrected chi connectivity index (χ0v) is 13.1. The van der Waals surface area contributed by atoms with Crippen LogP contribution in [0.1, 0.15) is 5.56 Å². The summed E-state index contributed by atoms with van der Waals surface area (Å²) in [5.41, 5.74) is 0.604. The van der Waals surface area contributed by atoms with Gasteiger partial charge < -0.3 is 55.7 Å². The zero-order chi connectivity index (χ0) is 5.82. The molecule has 0 radical (unpaired) electrons. The smallest absolute Gasteiger partial charge is 1.00 e. The summed E-state index contributed by atoms with van der Waals surface area (Å²) in [7, 11) is 0. The molecule has 0 atom stereocenters. The van der Waals surface area contributed by atoms with E-state index in [9.17, 15) is 4.79 Å². The minimum atomic E-state index is 0. The summed E-state index contributed by atoms with van der Waals surface area (Å²) in [6.07, 6.45) is 1.78. The average Bonchev–Trinajstić information content (AvgIpc) is 1.90. The van der Waals surface area contributed by atoms with Crippen LogP contribution in [0.15, 0.2) is 30.3 Å². The first-order valence-corrected chi connectivity index (χ1v) is 2.36. The molecule has 0 saturated heterocycles. The Morgan fingerprint density at radius 1 is 0.917 bits per heavy atom. The van der Waals surface area contributed by atoms with Crippen molar-refractivity contribution in [3.63, 3.8) is 0 Å². The Kier molecular flexibility index (Phi) is 28.5. The summed E-state index contributed by atoms with van der Waals surface area (Å²) in [6, 6.07) is 8.90. The van der Waals surface area contributed by atoms with E-state index < -0.39 is 0 Å². The molecular weight excluding hydrogens is 431 g/mol. The fraction of sp³-hybridized carbons (Fsp3) is 0. The van der Waals surface area contributed by atoms with Crippen LogP contribution in [-0.2, 0) is 31.0 Å². The van der Waals surface area contributed by atoms with Crippen LogP contribution in [0, 0.1) is 0 Å². The summed E-state index contributed by atoms with van der Waals surface area (Å²) < 4.78 is 0. The van der Waals surface area contributed by atoms with Gasteiger partial charge in [-0.15, -0.1) is 12.1 Å². The summed E-state index contributed by atoms with van der Waals surface area (Å²) in [6.45, 7) is 0. The first-order valence-electron chi connectivity index (χ1n) is 2.36. The van der Waals surface area contributed by atoms with Gasteiger partial charge in [0.25, 0.3) is 0 Å². The molecule has 0 spiro atoms. The number of hydrogen-bond acceptors (Lipinski definition) is 1. The summed E-state index contributed by atoms with van der Waals surface area (Å²) in [4.78, 5) is 9.88. The SMILES string of the molecule is O=[C-]c1ccccc1.[Br-].[Br-].[Br-].[Zr+4]. The van der Waals surface area contributed by atoms with Crippen molar-refractivity contribution in [2.45, 2.75) is 0 Å². The second-order valence-electron chi connectivity index (χ2n) is 1.47. The number of carbonyl (C=O) groups excluding carboxylic acids is 1. The van der Waals surface area contributed by atoms with Gasteiger partial charge in [-0.3, -0.25) is 0 Å². The predicted molar refractivity (Wildman–Crippen MR) is 31.2 cm³/mol. The molecule has 0 aliphatic rings. The molecule has 0 heterocycles. The molecule has 0 N–H and O–H groups in total. The van der Waals surface area contributed by atoms with Crippen LogP contribution < -0.4 is 50.9 Å². The minimum Gasteiger partial charge on any atom is -1.00 e. The standard InChI is InChI=1S/C7H5O.3BrH.Zr/c8-6-7-4-2-1-3-5-7;;;;/h1-5H;3*1H;/q-1;;;;+4/p-3. The Morgan fingerprint density at radius 3 is 1.58 bits per heavy atom. The van der Waals surface area contributed by atoms with Crippen LogP contribution in [0.5, 0.6) is 0 Å². The number of benzene rings is 1. The monoisotopic (exact) mass is 432 g/mol. The minimum absolute atomic E-state index is 0. The summed E-state index contributed by atoms with van der Waals surface area (Å²) in [5.74, 6) is 0. The Labute approximate surface area is 123 Å². The van der Waals surface area contributed by atoms with Crippen molar-refractivity contribution in [2.75, 3.05) is 0 Å². The third-order valence-electron chi connectivity index (χ3n) is 0.892. The third kappa shape index (κ3) is 9.30. The Bertz CT molecular complexity index is 181. The quantitative estimate of drug-likeness (QED) is 0.401. The first kappa shape index (κ1) is 23.2. The van der Waals surface area contributed by atoms with Gasteiger partial charge in [0, 0.05) is 0 Å². The Hall–Kier alpha value is 1.21. The van der Waals surface area contributed by atoms with E-state index in [0.29, 0.717) is 5.56 Å². The van der Waals surface area contributed by atoms with E-state index in [2.05, 4.69) is 0 Å². The first-order chi connectivity index (χ1) is 3.93. The van der Waals surface area contributed by atoms with Crippen molar-refractivity contribution in [3.8, 4) is 0 Å². The van der Waals surface area contributed by atoms with Gasteiger partial charge >= 0.3 is 26.2 Å². The van der Waals surface area contributed by atoms with E-state index in [1.54, 1.807) is 30.6 Å². The molecule has 0 aliphatic carbocycles. The van der Waals surface area contributed by atoms with Gasteiger partial charge in [0.1, 0.15) is 0 Å². The number of rotatable bonds is 1. The molecule has 0 saturated carbocycles. The molecule has 0 aromatic heterocycles. The number of hydrogen-bond donors (Lipinski definition) is 0. The van der Waals surface area contributed by atoms with E-state index in [1.165, 1.54) is 0 Å². The van der Waals surface area contributed by atoms with E-state index in [4.69, 9.17) is 0 Å². The van der Waals surface area contributed by atoms with Crippen LogP contribution in [0.2, 0.25) is 0 Å². The third-order valence-corrected chi connectivity index (χ3v) is 0.892. The molecule has 12 heavy (non-hydrogen) atoms. The van der Waals surface area contributed by atoms with Crippen LogP contribution >= 0.6 is 0 Å². The maximum Gasteiger partial charge on any atom is 4.00 e. The molecule has 0 unspecified atom stereocenters. The van der Waals surface area contributed by atoms with Crippen LogP contribution in [-0.4, -0.2) is 6.29 Å². The van der Waals surface area contributed by atoms with E-state index in [1.807, 2.05) is 6.07 Å². The van der Waals surface area contributed by atoms with Gasteiger partial charge in [0.05, 0.1) is 6.29 Å². The maximum atomic E-state index is 9.88. The topological polar surface area (TPSA) is 17.1 Å². The van der Waals surface area contributed by atoms with E-state index >= 15 is 0 Å². The predicted octanol–water partition coefficient (Wildman–Crippen LogP) is -7.85. The summed E-state index contributed by atoms with van der Waals surface area (Å²) >= 11 is 0.